The van der Waals surface area contributed by atoms with Crippen molar-refractivity contribution in [3.8, 4) is 17.4 Å². The molecule has 0 amide bonds. The van der Waals surface area contributed by atoms with Crippen LogP contribution in [0.25, 0.3) is 0 Å². The summed E-state index contributed by atoms with van der Waals surface area (Å²) < 4.78 is 16.4. The van der Waals surface area contributed by atoms with E-state index in [9.17, 15) is 0 Å². The van der Waals surface area contributed by atoms with Gasteiger partial charge in [-0.05, 0) is 12.1 Å². The minimum Gasteiger partial charge on any atom is -0.497 e. The zero-order valence-corrected chi connectivity index (χ0v) is 12.1. The van der Waals surface area contributed by atoms with E-state index in [4.69, 9.17) is 19.9 Å². The monoisotopic (exact) mass is 286 g/mol. The molecule has 2 heterocycles. The summed E-state index contributed by atoms with van der Waals surface area (Å²) >= 11 is 0. The highest BCUT2D eigenvalue weighted by molar-refractivity contribution is 5.44. The smallest absolute Gasteiger partial charge is 0.212 e. The van der Waals surface area contributed by atoms with Crippen LogP contribution >= 0.6 is 0 Å². The molecule has 0 spiro atoms. The fraction of sp³-hybridized carbons (Fsp3) is 0.312. The Kier molecular flexibility index (Phi) is 3.66. The Hall–Kier alpha value is -2.27. The summed E-state index contributed by atoms with van der Waals surface area (Å²) in [6.45, 7) is 0. The minimum atomic E-state index is -0.113. The molecule has 3 rings (SSSR count). The first-order valence-electron chi connectivity index (χ1n) is 6.81. The highest BCUT2D eigenvalue weighted by Crippen LogP contribution is 2.41. The summed E-state index contributed by atoms with van der Waals surface area (Å²) in [7, 11) is 3.23. The van der Waals surface area contributed by atoms with E-state index in [1.807, 2.05) is 30.3 Å². The second kappa shape index (κ2) is 5.61. The van der Waals surface area contributed by atoms with Gasteiger partial charge in [0.2, 0.25) is 5.88 Å². The van der Waals surface area contributed by atoms with Crippen LogP contribution in [0.4, 0.5) is 0 Å². The lowest BCUT2D eigenvalue weighted by atomic mass is 9.94. The number of benzene rings is 1. The van der Waals surface area contributed by atoms with Crippen LogP contribution in [0.5, 0.6) is 17.4 Å². The fourth-order valence-electron chi connectivity index (χ4n) is 2.52. The molecule has 0 saturated carbocycles. The van der Waals surface area contributed by atoms with Gasteiger partial charge in [0, 0.05) is 41.9 Å². The second-order valence-corrected chi connectivity index (χ2v) is 4.99. The number of aromatic nitrogens is 1. The minimum absolute atomic E-state index is 0.0632. The average molecular weight is 286 g/mol. The Morgan fingerprint density at radius 2 is 2.05 bits per heavy atom. The highest BCUT2D eigenvalue weighted by atomic mass is 16.5. The van der Waals surface area contributed by atoms with E-state index in [-0.39, 0.29) is 12.1 Å². The molecule has 2 N–H and O–H groups in total. The number of hydrogen-bond donors (Lipinski definition) is 1. The summed E-state index contributed by atoms with van der Waals surface area (Å²) in [4.78, 5) is 4.22. The van der Waals surface area contributed by atoms with Gasteiger partial charge in [0.1, 0.15) is 17.6 Å². The maximum atomic E-state index is 6.26. The predicted octanol–water partition coefficient (Wildman–Crippen LogP) is 2.62. The van der Waals surface area contributed by atoms with Gasteiger partial charge in [0.05, 0.1) is 14.2 Å². The van der Waals surface area contributed by atoms with E-state index in [2.05, 4.69) is 4.98 Å². The largest absolute Gasteiger partial charge is 0.497 e. The molecule has 0 bridgehead atoms. The Morgan fingerprint density at radius 1 is 1.19 bits per heavy atom. The van der Waals surface area contributed by atoms with E-state index >= 15 is 0 Å². The highest BCUT2D eigenvalue weighted by Gasteiger charge is 2.27. The molecule has 2 aromatic rings. The molecule has 2 atom stereocenters. The van der Waals surface area contributed by atoms with Crippen LogP contribution in [0.3, 0.4) is 0 Å². The number of nitrogens with zero attached hydrogens (tertiary/aromatic N) is 1. The number of fused-ring (bicyclic) bond motifs is 1. The maximum Gasteiger partial charge on any atom is 0.212 e. The van der Waals surface area contributed by atoms with Crippen LogP contribution in [0.1, 0.15) is 29.7 Å². The van der Waals surface area contributed by atoms with Gasteiger partial charge in [-0.3, -0.25) is 0 Å². The lowest BCUT2D eigenvalue weighted by Crippen LogP contribution is -2.24. The Balaban J connectivity index is 1.89. The zero-order valence-electron chi connectivity index (χ0n) is 12.1. The predicted molar refractivity (Wildman–Crippen MR) is 78.7 cm³/mol. The lowest BCUT2D eigenvalue weighted by Gasteiger charge is -2.30. The second-order valence-electron chi connectivity index (χ2n) is 4.99. The maximum absolute atomic E-state index is 6.26. The van der Waals surface area contributed by atoms with Crippen LogP contribution < -0.4 is 19.9 Å². The van der Waals surface area contributed by atoms with Gasteiger partial charge < -0.3 is 19.9 Å². The van der Waals surface area contributed by atoms with E-state index < -0.39 is 0 Å². The molecular formula is C16H18N2O3. The lowest BCUT2D eigenvalue weighted by molar-refractivity contribution is 0.160. The average Bonchev–Trinajstić information content (AvgIpc) is 2.54. The van der Waals surface area contributed by atoms with E-state index in [1.165, 1.54) is 0 Å². The molecule has 5 nitrogen and oxygen atoms in total. The van der Waals surface area contributed by atoms with Crippen molar-refractivity contribution >= 4 is 0 Å². The first-order valence-corrected chi connectivity index (χ1v) is 6.81. The Labute approximate surface area is 123 Å². The molecule has 0 fully saturated rings. The van der Waals surface area contributed by atoms with E-state index in [1.54, 1.807) is 20.4 Å². The van der Waals surface area contributed by atoms with Crippen molar-refractivity contribution in [2.24, 2.45) is 5.73 Å². The molecule has 1 aromatic heterocycles. The summed E-state index contributed by atoms with van der Waals surface area (Å²) in [6, 6.07) is 9.45. The summed E-state index contributed by atoms with van der Waals surface area (Å²) in [6.07, 6.45) is 2.37. The molecule has 0 radical (unpaired) electrons. The van der Waals surface area contributed by atoms with Crippen molar-refractivity contribution in [3.05, 3.63) is 47.7 Å². The SMILES string of the molecule is COc1ccc2c(c1)OC(c1ccc(OC)nc1)CC2N. The molecule has 1 aromatic carbocycles. The van der Waals surface area contributed by atoms with Gasteiger partial charge in [-0.2, -0.15) is 0 Å². The number of hydrogen-bond acceptors (Lipinski definition) is 5. The normalized spacial score (nSPS) is 20.3. The summed E-state index contributed by atoms with van der Waals surface area (Å²) in [5.41, 5.74) is 8.25. The van der Waals surface area contributed by atoms with Crippen molar-refractivity contribution in [1.82, 2.24) is 4.98 Å². The number of rotatable bonds is 3. The van der Waals surface area contributed by atoms with E-state index in [0.29, 0.717) is 12.3 Å². The quantitative estimate of drug-likeness (QED) is 0.939. The van der Waals surface area contributed by atoms with Crippen molar-refractivity contribution in [2.45, 2.75) is 18.6 Å². The van der Waals surface area contributed by atoms with Crippen molar-refractivity contribution < 1.29 is 14.2 Å². The van der Waals surface area contributed by atoms with Crippen LogP contribution in [0, 0.1) is 0 Å². The van der Waals surface area contributed by atoms with Gasteiger partial charge in [-0.15, -0.1) is 0 Å². The van der Waals surface area contributed by atoms with Gasteiger partial charge in [0.15, 0.2) is 0 Å². The molecule has 0 aliphatic carbocycles. The van der Waals surface area contributed by atoms with Gasteiger partial charge in [-0.1, -0.05) is 6.07 Å². The molecule has 1 aliphatic heterocycles. The number of methoxy groups -OCH3 is 2. The van der Waals surface area contributed by atoms with E-state index in [0.717, 1.165) is 22.6 Å². The Bertz CT molecular complexity index is 628. The molecule has 1 aliphatic rings. The third-order valence-corrected chi connectivity index (χ3v) is 3.70. The topological polar surface area (TPSA) is 66.6 Å². The van der Waals surface area contributed by atoms with Gasteiger partial charge in [-0.25, -0.2) is 4.98 Å². The molecular weight excluding hydrogens is 268 g/mol. The standard InChI is InChI=1S/C16H18N2O3/c1-19-11-4-5-12-13(17)8-14(21-15(12)7-11)10-3-6-16(20-2)18-9-10/h3-7,9,13-14H,8,17H2,1-2H3. The third kappa shape index (κ3) is 2.64. The molecule has 21 heavy (non-hydrogen) atoms. The summed E-state index contributed by atoms with van der Waals surface area (Å²) in [5.74, 6) is 2.12. The summed E-state index contributed by atoms with van der Waals surface area (Å²) in [5, 5.41) is 0. The van der Waals surface area contributed by atoms with Crippen molar-refractivity contribution in [3.63, 3.8) is 0 Å². The zero-order chi connectivity index (χ0) is 14.8. The van der Waals surface area contributed by atoms with Crippen LogP contribution in [-0.2, 0) is 0 Å². The van der Waals surface area contributed by atoms with Crippen molar-refractivity contribution in [1.29, 1.82) is 0 Å². The molecule has 2 unspecified atom stereocenters. The Morgan fingerprint density at radius 3 is 2.71 bits per heavy atom. The van der Waals surface area contributed by atoms with Crippen LogP contribution in [0.2, 0.25) is 0 Å². The molecule has 0 saturated heterocycles. The molecule has 5 heteroatoms. The van der Waals surface area contributed by atoms with Crippen LogP contribution in [-0.4, -0.2) is 19.2 Å². The van der Waals surface area contributed by atoms with Crippen molar-refractivity contribution in [2.75, 3.05) is 14.2 Å². The first-order chi connectivity index (χ1) is 10.2. The first kappa shape index (κ1) is 13.7. The number of nitrogens with two attached hydrogens (primary N) is 1. The number of pyridine rings is 1. The third-order valence-electron chi connectivity index (χ3n) is 3.70. The fourth-order valence-corrected chi connectivity index (χ4v) is 2.52. The van der Waals surface area contributed by atoms with Gasteiger partial charge in [0.25, 0.3) is 0 Å². The number of ether oxygens (including phenoxy) is 3. The van der Waals surface area contributed by atoms with Gasteiger partial charge >= 0.3 is 0 Å². The van der Waals surface area contributed by atoms with Crippen LogP contribution in [0.15, 0.2) is 36.5 Å². The molecule has 110 valence electrons.